The molecule has 0 aliphatic carbocycles. The van der Waals surface area contributed by atoms with Crippen LogP contribution in [0.4, 0.5) is 5.69 Å². The number of hydrogen-bond acceptors (Lipinski definition) is 5. The molecule has 0 unspecified atom stereocenters. The fourth-order valence-electron chi connectivity index (χ4n) is 2.30. The van der Waals surface area contributed by atoms with Crippen LogP contribution in [0.15, 0.2) is 55.1 Å². The standard InChI is InChI=1S/C18H15ClN4O3/c1-12(24)13-3-2-4-15(7-13)22-18(25)9-26-17-6-5-14(19)8-16(17)23-10-20-21-11-23/h2-8,10-11H,9H2,1H3,(H,22,25). The van der Waals surface area contributed by atoms with E-state index in [1.165, 1.54) is 19.6 Å². The van der Waals surface area contributed by atoms with E-state index >= 15 is 0 Å². The molecule has 0 aliphatic heterocycles. The van der Waals surface area contributed by atoms with Crippen LogP contribution in [0.2, 0.25) is 5.02 Å². The fourth-order valence-corrected chi connectivity index (χ4v) is 2.46. The number of amides is 1. The van der Waals surface area contributed by atoms with Crippen LogP contribution in [0.3, 0.4) is 0 Å². The van der Waals surface area contributed by atoms with E-state index in [0.29, 0.717) is 27.7 Å². The Balaban J connectivity index is 1.69. The Morgan fingerprint density at radius 2 is 1.92 bits per heavy atom. The molecule has 0 fully saturated rings. The van der Waals surface area contributed by atoms with Crippen molar-refractivity contribution < 1.29 is 14.3 Å². The van der Waals surface area contributed by atoms with Crippen molar-refractivity contribution in [3.63, 3.8) is 0 Å². The summed E-state index contributed by atoms with van der Waals surface area (Å²) in [5.41, 5.74) is 1.67. The second kappa shape index (κ2) is 7.79. The summed E-state index contributed by atoms with van der Waals surface area (Å²) in [5.74, 6) is 0.0364. The maximum Gasteiger partial charge on any atom is 0.262 e. The molecule has 1 amide bonds. The van der Waals surface area contributed by atoms with Gasteiger partial charge in [-0.05, 0) is 37.3 Å². The average molecular weight is 371 g/mol. The molecule has 2 aromatic carbocycles. The first-order valence-corrected chi connectivity index (χ1v) is 8.09. The molecular weight excluding hydrogens is 356 g/mol. The number of Topliss-reactive ketones (excluding diaryl/α,β-unsaturated/α-hetero) is 1. The van der Waals surface area contributed by atoms with Crippen LogP contribution in [-0.4, -0.2) is 33.1 Å². The van der Waals surface area contributed by atoms with E-state index < -0.39 is 0 Å². The van der Waals surface area contributed by atoms with Crippen molar-refractivity contribution in [2.75, 3.05) is 11.9 Å². The van der Waals surface area contributed by atoms with Gasteiger partial charge in [-0.15, -0.1) is 10.2 Å². The number of halogens is 1. The molecule has 0 bridgehead atoms. The average Bonchev–Trinajstić information content (AvgIpc) is 3.15. The number of nitrogens with one attached hydrogen (secondary N) is 1. The predicted octanol–water partition coefficient (Wildman–Crippen LogP) is 3.14. The van der Waals surface area contributed by atoms with E-state index in [1.807, 2.05) is 0 Å². The van der Waals surface area contributed by atoms with Gasteiger partial charge in [-0.2, -0.15) is 0 Å². The van der Waals surface area contributed by atoms with Crippen molar-refractivity contribution in [3.05, 3.63) is 65.7 Å². The molecule has 1 N–H and O–H groups in total. The zero-order chi connectivity index (χ0) is 18.5. The fraction of sp³-hybridized carbons (Fsp3) is 0.111. The monoisotopic (exact) mass is 370 g/mol. The highest BCUT2D eigenvalue weighted by Gasteiger charge is 2.10. The Bertz CT molecular complexity index is 941. The number of rotatable bonds is 6. The maximum atomic E-state index is 12.2. The molecule has 0 aliphatic rings. The van der Waals surface area contributed by atoms with Gasteiger partial charge in [-0.1, -0.05) is 23.7 Å². The Labute approximate surface area is 154 Å². The number of anilines is 1. The molecule has 0 saturated carbocycles. The van der Waals surface area contributed by atoms with Crippen molar-refractivity contribution in [2.45, 2.75) is 6.92 Å². The third-order valence-electron chi connectivity index (χ3n) is 3.53. The molecule has 1 heterocycles. The highest BCUT2D eigenvalue weighted by molar-refractivity contribution is 6.30. The first-order chi connectivity index (χ1) is 12.5. The Morgan fingerprint density at radius 1 is 1.15 bits per heavy atom. The largest absolute Gasteiger partial charge is 0.482 e. The van der Waals surface area contributed by atoms with Crippen LogP contribution >= 0.6 is 11.6 Å². The van der Waals surface area contributed by atoms with Gasteiger partial charge in [0.05, 0.1) is 5.69 Å². The van der Waals surface area contributed by atoms with Gasteiger partial charge in [0.25, 0.3) is 5.91 Å². The van der Waals surface area contributed by atoms with Crippen molar-refractivity contribution >= 4 is 29.0 Å². The van der Waals surface area contributed by atoms with Crippen molar-refractivity contribution in [2.24, 2.45) is 0 Å². The summed E-state index contributed by atoms with van der Waals surface area (Å²) in [4.78, 5) is 23.6. The van der Waals surface area contributed by atoms with Gasteiger partial charge in [0.15, 0.2) is 12.4 Å². The first-order valence-electron chi connectivity index (χ1n) is 7.71. The Morgan fingerprint density at radius 3 is 2.65 bits per heavy atom. The van der Waals surface area contributed by atoms with Crippen LogP contribution in [-0.2, 0) is 4.79 Å². The third kappa shape index (κ3) is 4.25. The Kier molecular flexibility index (Phi) is 5.28. The quantitative estimate of drug-likeness (QED) is 0.673. The number of carbonyl (C=O) groups excluding carboxylic acids is 2. The SMILES string of the molecule is CC(=O)c1cccc(NC(=O)COc2ccc(Cl)cc2-n2cnnc2)c1. The minimum atomic E-state index is -0.352. The van der Waals surface area contributed by atoms with E-state index in [4.69, 9.17) is 16.3 Å². The number of nitrogens with zero attached hydrogens (tertiary/aromatic N) is 3. The summed E-state index contributed by atoms with van der Waals surface area (Å²) >= 11 is 6.03. The van der Waals surface area contributed by atoms with E-state index in [2.05, 4.69) is 15.5 Å². The van der Waals surface area contributed by atoms with Crippen molar-refractivity contribution in [1.82, 2.24) is 14.8 Å². The smallest absolute Gasteiger partial charge is 0.262 e. The molecule has 0 spiro atoms. The molecule has 0 saturated heterocycles. The predicted molar refractivity (Wildman–Crippen MR) is 96.9 cm³/mol. The zero-order valence-electron chi connectivity index (χ0n) is 13.8. The van der Waals surface area contributed by atoms with E-state index in [1.54, 1.807) is 47.0 Å². The molecule has 0 atom stereocenters. The number of ketones is 1. The molecule has 26 heavy (non-hydrogen) atoms. The molecule has 3 aromatic rings. The van der Waals surface area contributed by atoms with Gasteiger partial charge >= 0.3 is 0 Å². The topological polar surface area (TPSA) is 86.1 Å². The second-order valence-electron chi connectivity index (χ2n) is 5.46. The third-order valence-corrected chi connectivity index (χ3v) is 3.76. The van der Waals surface area contributed by atoms with Crippen molar-refractivity contribution in [3.8, 4) is 11.4 Å². The number of ether oxygens (including phenoxy) is 1. The van der Waals surface area contributed by atoms with Crippen LogP contribution in [0.5, 0.6) is 5.75 Å². The second-order valence-corrected chi connectivity index (χ2v) is 5.89. The summed E-state index contributed by atoms with van der Waals surface area (Å²) in [6.45, 7) is 1.26. The molecule has 8 heteroatoms. The highest BCUT2D eigenvalue weighted by Crippen LogP contribution is 2.26. The van der Waals surface area contributed by atoms with Crippen LogP contribution in [0.1, 0.15) is 17.3 Å². The lowest BCUT2D eigenvalue weighted by Crippen LogP contribution is -2.20. The lowest BCUT2D eigenvalue weighted by molar-refractivity contribution is -0.118. The number of benzene rings is 2. The minimum absolute atomic E-state index is 0.0721. The van der Waals surface area contributed by atoms with Crippen LogP contribution < -0.4 is 10.1 Å². The zero-order valence-corrected chi connectivity index (χ0v) is 14.6. The highest BCUT2D eigenvalue weighted by atomic mass is 35.5. The summed E-state index contributed by atoms with van der Waals surface area (Å²) < 4.78 is 7.25. The first kappa shape index (κ1) is 17.6. The molecular formula is C18H15ClN4O3. The molecule has 132 valence electrons. The summed E-state index contributed by atoms with van der Waals surface area (Å²) in [7, 11) is 0. The van der Waals surface area contributed by atoms with Gasteiger partial charge in [0, 0.05) is 16.3 Å². The van der Waals surface area contributed by atoms with E-state index in [-0.39, 0.29) is 18.3 Å². The van der Waals surface area contributed by atoms with Crippen LogP contribution in [0.25, 0.3) is 5.69 Å². The lowest BCUT2D eigenvalue weighted by Gasteiger charge is -2.12. The minimum Gasteiger partial charge on any atom is -0.482 e. The van der Waals surface area contributed by atoms with Gasteiger partial charge in [-0.25, -0.2) is 0 Å². The summed E-state index contributed by atoms with van der Waals surface area (Å²) in [5, 5.41) is 10.7. The lowest BCUT2D eigenvalue weighted by atomic mass is 10.1. The molecule has 0 radical (unpaired) electrons. The van der Waals surface area contributed by atoms with Gasteiger partial charge in [-0.3, -0.25) is 14.2 Å². The normalized spacial score (nSPS) is 10.4. The van der Waals surface area contributed by atoms with Gasteiger partial charge in [0.1, 0.15) is 18.4 Å². The number of hydrogen-bond donors (Lipinski definition) is 1. The number of aromatic nitrogens is 3. The Hall–Kier alpha value is -3.19. The van der Waals surface area contributed by atoms with E-state index in [9.17, 15) is 9.59 Å². The summed E-state index contributed by atoms with van der Waals surface area (Å²) in [6.07, 6.45) is 3.01. The number of carbonyl (C=O) groups is 2. The van der Waals surface area contributed by atoms with Gasteiger partial charge in [0.2, 0.25) is 0 Å². The summed E-state index contributed by atoms with van der Waals surface area (Å²) in [6, 6.07) is 11.7. The molecule has 3 rings (SSSR count). The molecule has 1 aromatic heterocycles. The van der Waals surface area contributed by atoms with E-state index in [0.717, 1.165) is 0 Å². The molecule has 7 nitrogen and oxygen atoms in total. The van der Waals surface area contributed by atoms with Crippen LogP contribution in [0, 0.1) is 0 Å². The van der Waals surface area contributed by atoms with Gasteiger partial charge < -0.3 is 10.1 Å². The maximum absolute atomic E-state index is 12.2. The van der Waals surface area contributed by atoms with Crippen molar-refractivity contribution in [1.29, 1.82) is 0 Å².